The minimum atomic E-state index is -0.380. The average molecular weight is 263 g/mol. The van der Waals surface area contributed by atoms with Crippen molar-refractivity contribution in [2.45, 2.75) is 33.3 Å². The van der Waals surface area contributed by atoms with E-state index in [-0.39, 0.29) is 43.2 Å². The first-order valence-corrected chi connectivity index (χ1v) is 6.47. The van der Waals surface area contributed by atoms with Gasteiger partial charge in [0.1, 0.15) is 6.61 Å². The van der Waals surface area contributed by atoms with Gasteiger partial charge in [-0.05, 0) is 17.4 Å². The number of carbonyl (C=O) groups excluding carboxylic acids is 2. The van der Waals surface area contributed by atoms with Crippen LogP contribution in [-0.4, -0.2) is 11.9 Å². The van der Waals surface area contributed by atoms with Crippen molar-refractivity contribution in [3.8, 4) is 0 Å². The van der Waals surface area contributed by atoms with Gasteiger partial charge < -0.3 is 10.5 Å². The molecule has 1 aromatic rings. The number of ether oxygens (including phenoxy) is 1. The van der Waals surface area contributed by atoms with Crippen LogP contribution in [0.15, 0.2) is 30.3 Å². The molecule has 4 nitrogen and oxygen atoms in total. The minimum absolute atomic E-state index is 0.0548. The van der Waals surface area contributed by atoms with Crippen LogP contribution in [0.1, 0.15) is 32.3 Å². The van der Waals surface area contributed by atoms with E-state index in [0.29, 0.717) is 0 Å². The Morgan fingerprint density at radius 1 is 1.16 bits per heavy atom. The second-order valence-electron chi connectivity index (χ2n) is 5.02. The van der Waals surface area contributed by atoms with E-state index in [1.165, 1.54) is 0 Å². The summed E-state index contributed by atoms with van der Waals surface area (Å²) in [5.74, 6) is -0.504. The van der Waals surface area contributed by atoms with E-state index in [1.807, 2.05) is 44.2 Å². The lowest BCUT2D eigenvalue weighted by molar-refractivity contribution is -0.146. The smallest absolute Gasteiger partial charge is 0.306 e. The van der Waals surface area contributed by atoms with Crippen LogP contribution in [0.4, 0.5) is 0 Å². The Morgan fingerprint density at radius 2 is 1.79 bits per heavy atom. The monoisotopic (exact) mass is 263 g/mol. The maximum atomic E-state index is 11.7. The van der Waals surface area contributed by atoms with Crippen LogP contribution in [0.3, 0.4) is 0 Å². The highest BCUT2D eigenvalue weighted by Gasteiger charge is 2.20. The molecule has 1 aromatic carbocycles. The molecule has 0 aliphatic heterocycles. The van der Waals surface area contributed by atoms with Crippen LogP contribution in [0.2, 0.25) is 0 Å². The van der Waals surface area contributed by atoms with Gasteiger partial charge in [0, 0.05) is 12.8 Å². The number of esters is 1. The standard InChI is InChI=1S/C15H21NO3/c1-11(2)13(8-14(16)17)9-15(18)19-10-12-6-4-3-5-7-12/h3-7,11,13H,8-10H2,1-2H3,(H2,16,17)/t13-/m0/s1. The fourth-order valence-corrected chi connectivity index (χ4v) is 1.81. The van der Waals surface area contributed by atoms with E-state index >= 15 is 0 Å². The molecule has 0 spiro atoms. The summed E-state index contributed by atoms with van der Waals surface area (Å²) in [7, 11) is 0. The number of benzene rings is 1. The van der Waals surface area contributed by atoms with Gasteiger partial charge in [0.2, 0.25) is 5.91 Å². The number of hydrogen-bond acceptors (Lipinski definition) is 3. The second-order valence-corrected chi connectivity index (χ2v) is 5.02. The Bertz CT molecular complexity index is 415. The van der Waals surface area contributed by atoms with Crippen molar-refractivity contribution in [1.82, 2.24) is 0 Å². The number of hydrogen-bond donors (Lipinski definition) is 1. The third-order valence-electron chi connectivity index (χ3n) is 3.08. The van der Waals surface area contributed by atoms with Gasteiger partial charge in [0.25, 0.3) is 0 Å². The molecular formula is C15H21NO3. The van der Waals surface area contributed by atoms with Crippen LogP contribution in [0, 0.1) is 11.8 Å². The van der Waals surface area contributed by atoms with Crippen molar-refractivity contribution >= 4 is 11.9 Å². The number of carbonyl (C=O) groups is 2. The average Bonchev–Trinajstić information content (AvgIpc) is 2.36. The summed E-state index contributed by atoms with van der Waals surface area (Å²) in [6, 6.07) is 9.50. The van der Waals surface area contributed by atoms with Crippen LogP contribution >= 0.6 is 0 Å². The largest absolute Gasteiger partial charge is 0.461 e. The number of rotatable bonds is 7. The molecule has 0 heterocycles. The summed E-state index contributed by atoms with van der Waals surface area (Å²) >= 11 is 0. The van der Waals surface area contributed by atoms with Crippen molar-refractivity contribution in [3.05, 3.63) is 35.9 Å². The Kier molecular flexibility index (Phi) is 6.06. The molecule has 1 amide bonds. The summed E-state index contributed by atoms with van der Waals surface area (Å²) in [4.78, 5) is 22.7. The molecule has 4 heteroatoms. The predicted molar refractivity (Wildman–Crippen MR) is 73.0 cm³/mol. The first kappa shape index (κ1) is 15.2. The van der Waals surface area contributed by atoms with E-state index in [2.05, 4.69) is 0 Å². The van der Waals surface area contributed by atoms with Gasteiger partial charge >= 0.3 is 5.97 Å². The summed E-state index contributed by atoms with van der Waals surface area (Å²) in [5.41, 5.74) is 6.13. The van der Waals surface area contributed by atoms with Crippen molar-refractivity contribution in [1.29, 1.82) is 0 Å². The molecule has 1 atom stereocenters. The molecular weight excluding hydrogens is 242 g/mol. The van der Waals surface area contributed by atoms with E-state index in [1.54, 1.807) is 0 Å². The van der Waals surface area contributed by atoms with Gasteiger partial charge in [-0.3, -0.25) is 9.59 Å². The molecule has 0 aromatic heterocycles. The normalized spacial score (nSPS) is 12.2. The van der Waals surface area contributed by atoms with Gasteiger partial charge in [-0.2, -0.15) is 0 Å². The highest BCUT2D eigenvalue weighted by Crippen LogP contribution is 2.19. The zero-order valence-corrected chi connectivity index (χ0v) is 11.5. The number of nitrogens with two attached hydrogens (primary N) is 1. The fraction of sp³-hybridized carbons (Fsp3) is 0.467. The second kappa shape index (κ2) is 7.56. The first-order chi connectivity index (χ1) is 8.99. The van der Waals surface area contributed by atoms with Crippen molar-refractivity contribution in [3.63, 3.8) is 0 Å². The Labute approximate surface area is 113 Å². The quantitative estimate of drug-likeness (QED) is 0.767. The Hall–Kier alpha value is -1.84. The molecule has 19 heavy (non-hydrogen) atoms. The Morgan fingerprint density at radius 3 is 2.32 bits per heavy atom. The molecule has 0 aliphatic carbocycles. The molecule has 0 aliphatic rings. The molecule has 104 valence electrons. The lowest BCUT2D eigenvalue weighted by Crippen LogP contribution is -2.23. The highest BCUT2D eigenvalue weighted by molar-refractivity contribution is 5.75. The lowest BCUT2D eigenvalue weighted by Gasteiger charge is -2.18. The Balaban J connectivity index is 2.42. The van der Waals surface area contributed by atoms with Gasteiger partial charge in [0.15, 0.2) is 0 Å². The van der Waals surface area contributed by atoms with Gasteiger partial charge in [-0.15, -0.1) is 0 Å². The number of primary amides is 1. The predicted octanol–water partition coefficient (Wildman–Crippen LogP) is 2.27. The van der Waals surface area contributed by atoms with Crippen LogP contribution in [0.25, 0.3) is 0 Å². The van der Waals surface area contributed by atoms with Gasteiger partial charge in [0.05, 0.1) is 0 Å². The lowest BCUT2D eigenvalue weighted by atomic mass is 9.89. The highest BCUT2D eigenvalue weighted by atomic mass is 16.5. The molecule has 0 saturated heterocycles. The molecule has 0 unspecified atom stereocenters. The van der Waals surface area contributed by atoms with Crippen LogP contribution < -0.4 is 5.73 Å². The first-order valence-electron chi connectivity index (χ1n) is 6.47. The molecule has 0 radical (unpaired) electrons. The molecule has 2 N–H and O–H groups in total. The molecule has 0 saturated carbocycles. The fourth-order valence-electron chi connectivity index (χ4n) is 1.81. The molecule has 0 bridgehead atoms. The zero-order chi connectivity index (χ0) is 14.3. The molecule has 1 rings (SSSR count). The topological polar surface area (TPSA) is 69.4 Å². The third-order valence-corrected chi connectivity index (χ3v) is 3.08. The van der Waals surface area contributed by atoms with E-state index in [4.69, 9.17) is 10.5 Å². The SMILES string of the molecule is CC(C)[C@@H](CC(N)=O)CC(=O)OCc1ccccc1. The van der Waals surface area contributed by atoms with Gasteiger partial charge in [-0.25, -0.2) is 0 Å². The van der Waals surface area contributed by atoms with E-state index in [0.717, 1.165) is 5.56 Å². The third kappa shape index (κ3) is 6.04. The molecule has 0 fully saturated rings. The minimum Gasteiger partial charge on any atom is -0.461 e. The maximum Gasteiger partial charge on any atom is 0.306 e. The summed E-state index contributed by atoms with van der Waals surface area (Å²) < 4.78 is 5.20. The summed E-state index contributed by atoms with van der Waals surface area (Å²) in [6.45, 7) is 4.21. The van der Waals surface area contributed by atoms with E-state index < -0.39 is 0 Å². The van der Waals surface area contributed by atoms with Crippen LogP contribution in [-0.2, 0) is 20.9 Å². The zero-order valence-electron chi connectivity index (χ0n) is 11.5. The van der Waals surface area contributed by atoms with Crippen molar-refractivity contribution in [2.75, 3.05) is 0 Å². The maximum absolute atomic E-state index is 11.7. The summed E-state index contributed by atoms with van der Waals surface area (Å²) in [5, 5.41) is 0. The van der Waals surface area contributed by atoms with Gasteiger partial charge in [-0.1, -0.05) is 44.2 Å². The van der Waals surface area contributed by atoms with Crippen molar-refractivity contribution in [2.24, 2.45) is 17.6 Å². The van der Waals surface area contributed by atoms with Crippen LogP contribution in [0.5, 0.6) is 0 Å². The van der Waals surface area contributed by atoms with Crippen molar-refractivity contribution < 1.29 is 14.3 Å². The van der Waals surface area contributed by atoms with E-state index in [9.17, 15) is 9.59 Å². The number of amides is 1. The summed E-state index contributed by atoms with van der Waals surface area (Å²) in [6.07, 6.45) is 0.450.